The number of allylic oxidation sites excluding steroid dienone is 2. The lowest BCUT2D eigenvalue weighted by molar-refractivity contribution is -0.143. The second kappa shape index (κ2) is 75.1. The monoisotopic (exact) mass is 1200 g/mol. The lowest BCUT2D eigenvalue weighted by Gasteiger charge is -2.22. The fourth-order valence-electron chi connectivity index (χ4n) is 12.8. The molecule has 6 nitrogen and oxygen atoms in total. The molecule has 0 bridgehead atoms. The lowest BCUT2D eigenvalue weighted by Crippen LogP contribution is -2.45. The van der Waals surface area contributed by atoms with Crippen LogP contribution in [0.3, 0.4) is 0 Å². The largest absolute Gasteiger partial charge is 0.466 e. The van der Waals surface area contributed by atoms with Gasteiger partial charge < -0.3 is 20.3 Å². The number of nitrogens with one attached hydrogen (secondary N) is 1. The van der Waals surface area contributed by atoms with E-state index < -0.39 is 12.1 Å². The van der Waals surface area contributed by atoms with E-state index in [9.17, 15) is 19.8 Å². The number of hydrogen-bond donors (Lipinski definition) is 3. The van der Waals surface area contributed by atoms with Gasteiger partial charge in [-0.25, -0.2) is 0 Å². The molecule has 0 saturated heterocycles. The van der Waals surface area contributed by atoms with Crippen molar-refractivity contribution in [3.63, 3.8) is 0 Å². The van der Waals surface area contributed by atoms with E-state index in [1.807, 2.05) is 0 Å². The normalized spacial score (nSPS) is 12.5. The Balaban J connectivity index is 3.32. The fourth-order valence-corrected chi connectivity index (χ4v) is 12.8. The van der Waals surface area contributed by atoms with E-state index in [0.29, 0.717) is 25.9 Å². The minimum atomic E-state index is -0.662. The van der Waals surface area contributed by atoms with Crippen LogP contribution < -0.4 is 5.32 Å². The van der Waals surface area contributed by atoms with Crippen LogP contribution in [0.2, 0.25) is 0 Å². The number of carbonyl (C=O) groups is 2. The maximum atomic E-state index is 12.6. The van der Waals surface area contributed by atoms with Crippen molar-refractivity contribution in [1.29, 1.82) is 0 Å². The highest BCUT2D eigenvalue weighted by atomic mass is 16.5. The third-order valence-corrected chi connectivity index (χ3v) is 18.8. The van der Waals surface area contributed by atoms with Gasteiger partial charge in [-0.15, -0.1) is 0 Å². The minimum Gasteiger partial charge on any atom is -0.466 e. The van der Waals surface area contributed by atoms with Gasteiger partial charge in [-0.3, -0.25) is 9.59 Å². The first kappa shape index (κ1) is 83.6. The van der Waals surface area contributed by atoms with E-state index in [0.717, 1.165) is 44.9 Å². The average Bonchev–Trinajstić information content (AvgIpc) is 3.51. The maximum Gasteiger partial charge on any atom is 0.305 e. The van der Waals surface area contributed by atoms with Crippen molar-refractivity contribution in [2.75, 3.05) is 13.2 Å². The van der Waals surface area contributed by atoms with Crippen molar-refractivity contribution in [2.24, 2.45) is 0 Å². The number of ether oxygens (including phenoxy) is 1. The van der Waals surface area contributed by atoms with E-state index in [1.54, 1.807) is 0 Å². The Morgan fingerprint density at radius 1 is 0.318 bits per heavy atom. The Morgan fingerprint density at radius 2 is 0.553 bits per heavy atom. The molecule has 0 rings (SSSR count). The molecule has 0 aromatic rings. The predicted molar refractivity (Wildman–Crippen MR) is 375 cm³/mol. The summed E-state index contributed by atoms with van der Waals surface area (Å²) in [5, 5.41) is 23.4. The summed E-state index contributed by atoms with van der Waals surface area (Å²) in [6.45, 7) is 5.01. The second-order valence-electron chi connectivity index (χ2n) is 27.4. The van der Waals surface area contributed by atoms with E-state index in [1.165, 1.54) is 379 Å². The standard InChI is InChI=1S/C79H155NO5/c1-3-5-7-9-11-13-15-17-19-21-23-36-39-43-47-51-55-59-63-67-71-77(82)76(75-81)80-78(83)72-68-64-60-56-52-48-44-40-37-34-32-30-28-26-24-25-27-29-31-33-35-38-42-46-50-54-58-62-66-70-74-85-79(84)73-69-65-61-57-53-49-45-41-22-20-18-16-14-12-10-8-6-4-2/h20,22,76-77,81-82H,3-19,21,23-75H2,1-2H3,(H,80,83)/b22-20-. The molecule has 506 valence electrons. The van der Waals surface area contributed by atoms with Crippen LogP contribution in [-0.4, -0.2) is 47.4 Å². The minimum absolute atomic E-state index is 0.0186. The van der Waals surface area contributed by atoms with Crippen molar-refractivity contribution in [1.82, 2.24) is 5.32 Å². The number of unbranched alkanes of at least 4 members (excludes halogenated alkanes) is 62. The van der Waals surface area contributed by atoms with Gasteiger partial charge in [0.15, 0.2) is 0 Å². The van der Waals surface area contributed by atoms with Crippen LogP contribution in [0, 0.1) is 0 Å². The molecule has 6 heteroatoms. The highest BCUT2D eigenvalue weighted by molar-refractivity contribution is 5.76. The molecule has 3 N–H and O–H groups in total. The first-order valence-corrected chi connectivity index (χ1v) is 39.4. The summed E-state index contributed by atoms with van der Waals surface area (Å²) in [5.41, 5.74) is 0. The SMILES string of the molecule is CCCCCCCCC/C=C\CCCCCCCCCC(=O)OCCCCCCCCCCCCCCCCCCCCCCCCCCCCCCCCC(=O)NC(CO)C(O)CCCCCCCCCCCCCCCCCCCCCC. The molecule has 0 fully saturated rings. The van der Waals surface area contributed by atoms with E-state index >= 15 is 0 Å². The van der Waals surface area contributed by atoms with Crippen LogP contribution >= 0.6 is 0 Å². The zero-order valence-corrected chi connectivity index (χ0v) is 58.1. The van der Waals surface area contributed by atoms with Crippen LogP contribution in [0.1, 0.15) is 457 Å². The molecule has 0 aromatic heterocycles. The number of aliphatic hydroxyl groups excluding tert-OH is 2. The van der Waals surface area contributed by atoms with Crippen molar-refractivity contribution < 1.29 is 24.5 Å². The van der Waals surface area contributed by atoms with Gasteiger partial charge in [-0.1, -0.05) is 405 Å². The first-order chi connectivity index (χ1) is 42.0. The molecule has 1 amide bonds. The number of rotatable bonds is 75. The third kappa shape index (κ3) is 71.6. The molecular formula is C79H155NO5. The van der Waals surface area contributed by atoms with E-state index in [-0.39, 0.29) is 18.5 Å². The molecule has 0 saturated carbocycles. The third-order valence-electron chi connectivity index (χ3n) is 18.8. The Morgan fingerprint density at radius 3 is 0.835 bits per heavy atom. The molecule has 0 heterocycles. The fraction of sp³-hybridized carbons (Fsp3) is 0.949. The molecule has 0 aliphatic heterocycles. The summed E-state index contributed by atoms with van der Waals surface area (Å²) >= 11 is 0. The number of amides is 1. The van der Waals surface area contributed by atoms with Crippen molar-refractivity contribution >= 4 is 11.9 Å². The summed E-state index contributed by atoms with van der Waals surface area (Å²) in [6, 6.07) is -0.539. The summed E-state index contributed by atoms with van der Waals surface area (Å²) in [6.07, 6.45) is 94.4. The Bertz CT molecular complexity index is 1290. The first-order valence-electron chi connectivity index (χ1n) is 39.4. The zero-order valence-electron chi connectivity index (χ0n) is 58.1. The van der Waals surface area contributed by atoms with Gasteiger partial charge in [-0.05, 0) is 51.4 Å². The molecule has 85 heavy (non-hydrogen) atoms. The smallest absolute Gasteiger partial charge is 0.305 e. The molecule has 0 spiro atoms. The summed E-state index contributed by atoms with van der Waals surface area (Å²) in [7, 11) is 0. The highest BCUT2D eigenvalue weighted by Gasteiger charge is 2.20. The van der Waals surface area contributed by atoms with Gasteiger partial charge in [0.05, 0.1) is 25.4 Å². The molecule has 0 radical (unpaired) electrons. The van der Waals surface area contributed by atoms with Crippen LogP contribution in [0.15, 0.2) is 12.2 Å². The lowest BCUT2D eigenvalue weighted by atomic mass is 10.0. The molecule has 0 aliphatic carbocycles. The molecule has 0 aromatic carbocycles. The summed E-state index contributed by atoms with van der Waals surface area (Å²) in [5.74, 6) is -0.00710. The van der Waals surface area contributed by atoms with Gasteiger partial charge in [0.2, 0.25) is 5.91 Å². The molecule has 0 aliphatic rings. The van der Waals surface area contributed by atoms with Crippen LogP contribution in [-0.2, 0) is 14.3 Å². The van der Waals surface area contributed by atoms with Crippen molar-refractivity contribution in [3.8, 4) is 0 Å². The number of esters is 1. The summed E-state index contributed by atoms with van der Waals surface area (Å²) < 4.78 is 5.51. The van der Waals surface area contributed by atoms with Gasteiger partial charge >= 0.3 is 5.97 Å². The Labute approximate surface area is 533 Å². The van der Waals surface area contributed by atoms with Gasteiger partial charge in [0.25, 0.3) is 0 Å². The van der Waals surface area contributed by atoms with Crippen molar-refractivity contribution in [3.05, 3.63) is 12.2 Å². The predicted octanol–water partition coefficient (Wildman–Crippen LogP) is 25.9. The number of hydrogen-bond acceptors (Lipinski definition) is 5. The Hall–Kier alpha value is -1.40. The van der Waals surface area contributed by atoms with Gasteiger partial charge in [0, 0.05) is 12.8 Å². The van der Waals surface area contributed by atoms with Crippen molar-refractivity contribution in [2.45, 2.75) is 469 Å². The molecular weight excluding hydrogens is 1040 g/mol. The Kier molecular flexibility index (Phi) is 73.8. The quantitative estimate of drug-likeness (QED) is 0.0320. The topological polar surface area (TPSA) is 95.9 Å². The molecule has 2 unspecified atom stereocenters. The number of carbonyl (C=O) groups excluding carboxylic acids is 2. The highest BCUT2D eigenvalue weighted by Crippen LogP contribution is 2.20. The second-order valence-corrected chi connectivity index (χ2v) is 27.4. The summed E-state index contributed by atoms with van der Waals surface area (Å²) in [4.78, 5) is 24.7. The zero-order chi connectivity index (χ0) is 61.3. The van der Waals surface area contributed by atoms with E-state index in [2.05, 4.69) is 31.3 Å². The average molecular weight is 1200 g/mol. The van der Waals surface area contributed by atoms with Gasteiger partial charge in [0.1, 0.15) is 0 Å². The van der Waals surface area contributed by atoms with Crippen LogP contribution in [0.25, 0.3) is 0 Å². The van der Waals surface area contributed by atoms with Crippen LogP contribution in [0.4, 0.5) is 0 Å². The maximum absolute atomic E-state index is 12.6. The van der Waals surface area contributed by atoms with Gasteiger partial charge in [-0.2, -0.15) is 0 Å². The van der Waals surface area contributed by atoms with E-state index in [4.69, 9.17) is 4.74 Å². The number of aliphatic hydroxyl groups is 2. The molecule has 2 atom stereocenters. The van der Waals surface area contributed by atoms with Crippen LogP contribution in [0.5, 0.6) is 0 Å².